The van der Waals surface area contributed by atoms with Crippen LogP contribution in [0.5, 0.6) is 11.5 Å². The number of nitrogens with one attached hydrogen (secondary N) is 1. The number of hydrogen-bond donors (Lipinski definition) is 2. The summed E-state index contributed by atoms with van der Waals surface area (Å²) in [5.74, 6) is 1.76. The van der Waals surface area contributed by atoms with E-state index in [9.17, 15) is 4.21 Å². The van der Waals surface area contributed by atoms with Crippen molar-refractivity contribution in [1.82, 2.24) is 0 Å². The molecule has 0 fully saturated rings. The van der Waals surface area contributed by atoms with E-state index in [0.717, 1.165) is 28.3 Å². The lowest BCUT2D eigenvalue weighted by atomic mass is 10.1. The van der Waals surface area contributed by atoms with Crippen LogP contribution < -0.4 is 20.5 Å². The van der Waals surface area contributed by atoms with E-state index in [0.29, 0.717) is 24.9 Å². The average Bonchev–Trinajstić information content (AvgIpc) is 2.86. The summed E-state index contributed by atoms with van der Waals surface area (Å²) in [5, 5.41) is 3.09. The van der Waals surface area contributed by atoms with Gasteiger partial charge in [-0.3, -0.25) is 4.21 Å². The minimum atomic E-state index is -0.985. The van der Waals surface area contributed by atoms with E-state index in [1.54, 1.807) is 6.26 Å². The molecule has 8 heteroatoms. The minimum absolute atomic E-state index is 0. The molecule has 27 heavy (non-hydrogen) atoms. The fraction of sp³-hybridized carbons (Fsp3) is 0.316. The van der Waals surface area contributed by atoms with Crippen LogP contribution in [-0.4, -0.2) is 29.6 Å². The summed E-state index contributed by atoms with van der Waals surface area (Å²) < 4.78 is 22.8. The lowest BCUT2D eigenvalue weighted by Crippen LogP contribution is -2.23. The number of anilines is 1. The molecule has 2 atom stereocenters. The van der Waals surface area contributed by atoms with Crippen LogP contribution in [0.15, 0.2) is 52.4 Å². The van der Waals surface area contributed by atoms with Crippen LogP contribution in [0.1, 0.15) is 24.9 Å². The summed E-state index contributed by atoms with van der Waals surface area (Å²) in [6, 6.07) is 13.0. The number of fused-ring (bicyclic) bond motifs is 1. The van der Waals surface area contributed by atoms with Crippen LogP contribution in [0.2, 0.25) is 0 Å². The highest BCUT2D eigenvalue weighted by Gasteiger charge is 2.11. The number of benzene rings is 2. The number of rotatable bonds is 4. The molecule has 0 amide bonds. The van der Waals surface area contributed by atoms with Crippen molar-refractivity contribution in [1.29, 1.82) is 0 Å². The van der Waals surface area contributed by atoms with Gasteiger partial charge in [-0.15, -0.1) is 24.0 Å². The Morgan fingerprint density at radius 1 is 1.15 bits per heavy atom. The molecule has 0 saturated carbocycles. The van der Waals surface area contributed by atoms with Gasteiger partial charge in [0.1, 0.15) is 0 Å². The Hall–Kier alpha value is -1.81. The summed E-state index contributed by atoms with van der Waals surface area (Å²) in [4.78, 5) is 5.28. The molecule has 0 spiro atoms. The molecule has 6 nitrogen and oxygen atoms in total. The zero-order chi connectivity index (χ0) is 18.5. The Morgan fingerprint density at radius 2 is 1.81 bits per heavy atom. The van der Waals surface area contributed by atoms with E-state index >= 15 is 0 Å². The van der Waals surface area contributed by atoms with Crippen LogP contribution in [0.4, 0.5) is 5.69 Å². The summed E-state index contributed by atoms with van der Waals surface area (Å²) in [5.41, 5.74) is 7.84. The van der Waals surface area contributed by atoms with E-state index in [-0.39, 0.29) is 30.0 Å². The zero-order valence-corrected chi connectivity index (χ0v) is 18.5. The van der Waals surface area contributed by atoms with Gasteiger partial charge < -0.3 is 20.5 Å². The quantitative estimate of drug-likeness (QED) is 0.379. The molecule has 1 aliphatic rings. The van der Waals surface area contributed by atoms with E-state index in [1.165, 1.54) is 0 Å². The summed E-state index contributed by atoms with van der Waals surface area (Å²) >= 11 is 0. The van der Waals surface area contributed by atoms with Gasteiger partial charge in [-0.05, 0) is 36.8 Å². The fourth-order valence-electron chi connectivity index (χ4n) is 2.64. The van der Waals surface area contributed by atoms with Gasteiger partial charge in [0.15, 0.2) is 17.5 Å². The molecule has 2 aromatic carbocycles. The predicted octanol–water partition coefficient (Wildman–Crippen LogP) is 3.69. The molecule has 0 aliphatic carbocycles. The van der Waals surface area contributed by atoms with Gasteiger partial charge in [-0.2, -0.15) is 0 Å². The predicted molar refractivity (Wildman–Crippen MR) is 120 cm³/mol. The van der Waals surface area contributed by atoms with E-state index in [2.05, 4.69) is 10.3 Å². The number of halogens is 1. The van der Waals surface area contributed by atoms with Gasteiger partial charge in [0, 0.05) is 40.1 Å². The highest BCUT2D eigenvalue weighted by atomic mass is 127. The molecule has 1 aliphatic heterocycles. The second-order valence-electron chi connectivity index (χ2n) is 6.05. The van der Waals surface area contributed by atoms with Gasteiger partial charge in [0.05, 0.1) is 19.3 Å². The average molecular weight is 501 g/mol. The lowest BCUT2D eigenvalue weighted by molar-refractivity contribution is 0.297. The smallest absolute Gasteiger partial charge is 0.193 e. The molecule has 2 aromatic rings. The first-order valence-corrected chi connectivity index (χ1v) is 10.0. The maximum Gasteiger partial charge on any atom is 0.193 e. The molecular weight excluding hydrogens is 477 g/mol. The van der Waals surface area contributed by atoms with Crippen molar-refractivity contribution in [3.8, 4) is 11.5 Å². The van der Waals surface area contributed by atoms with Crippen molar-refractivity contribution in [2.45, 2.75) is 24.3 Å². The molecular formula is C19H24IN3O3S. The molecule has 2 unspecified atom stereocenters. The topological polar surface area (TPSA) is 85.9 Å². The maximum absolute atomic E-state index is 11.5. The van der Waals surface area contributed by atoms with Crippen LogP contribution >= 0.6 is 24.0 Å². The van der Waals surface area contributed by atoms with E-state index in [1.807, 2.05) is 49.4 Å². The number of aliphatic imine (C=N–C) groups is 1. The number of nitrogens with zero attached hydrogens (tertiary/aromatic N) is 1. The zero-order valence-electron chi connectivity index (χ0n) is 15.3. The summed E-state index contributed by atoms with van der Waals surface area (Å²) in [6.07, 6.45) is 2.52. The van der Waals surface area contributed by atoms with Gasteiger partial charge >= 0.3 is 0 Å². The Kier molecular flexibility index (Phi) is 7.91. The maximum atomic E-state index is 11.5. The number of nitrogens with two attached hydrogens (primary N) is 1. The molecule has 0 saturated heterocycles. The molecule has 0 aromatic heterocycles. The van der Waals surface area contributed by atoms with Crippen LogP contribution in [0, 0.1) is 0 Å². The van der Waals surface area contributed by atoms with Crippen molar-refractivity contribution in [3.05, 3.63) is 48.0 Å². The second kappa shape index (κ2) is 9.93. The first-order valence-electron chi connectivity index (χ1n) is 8.46. The highest BCUT2D eigenvalue weighted by Crippen LogP contribution is 2.32. The molecule has 3 rings (SSSR count). The Balaban J connectivity index is 0.00000261. The van der Waals surface area contributed by atoms with Crippen LogP contribution in [0.25, 0.3) is 0 Å². The van der Waals surface area contributed by atoms with E-state index in [4.69, 9.17) is 15.2 Å². The standard InChI is InChI=1S/C19H23N3O3S.HI/c1-13(14-4-7-16(8-5-14)26(2)23)21-19(20)22-15-6-9-17-18(12-15)25-11-3-10-24-17;/h4-9,12-13H,3,10-11H2,1-2H3,(H3,20,21,22);1H. The summed E-state index contributed by atoms with van der Waals surface area (Å²) in [7, 11) is -0.985. The number of guanidine groups is 1. The van der Waals surface area contributed by atoms with Crippen LogP contribution in [0.3, 0.4) is 0 Å². The van der Waals surface area contributed by atoms with Crippen molar-refractivity contribution in [3.63, 3.8) is 0 Å². The molecule has 1 heterocycles. The van der Waals surface area contributed by atoms with Crippen molar-refractivity contribution >= 4 is 46.4 Å². The van der Waals surface area contributed by atoms with Crippen molar-refractivity contribution in [2.24, 2.45) is 10.7 Å². The SMILES string of the molecule is CC(N=C(N)Nc1ccc2c(c1)OCCCO2)c1ccc(S(C)=O)cc1.I. The lowest BCUT2D eigenvalue weighted by Gasteiger charge is -2.13. The van der Waals surface area contributed by atoms with Gasteiger partial charge in [-0.25, -0.2) is 4.99 Å². The molecule has 0 bridgehead atoms. The Bertz CT molecular complexity index is 827. The second-order valence-corrected chi connectivity index (χ2v) is 7.43. The minimum Gasteiger partial charge on any atom is -0.490 e. The third-order valence-corrected chi connectivity index (χ3v) is 4.98. The highest BCUT2D eigenvalue weighted by molar-refractivity contribution is 14.0. The third kappa shape index (κ3) is 5.83. The van der Waals surface area contributed by atoms with Crippen molar-refractivity contribution in [2.75, 3.05) is 24.8 Å². The summed E-state index contributed by atoms with van der Waals surface area (Å²) in [6.45, 7) is 3.25. The molecule has 0 radical (unpaired) electrons. The van der Waals surface area contributed by atoms with Crippen LogP contribution in [-0.2, 0) is 10.8 Å². The number of ether oxygens (including phenoxy) is 2. The normalized spacial score (nSPS) is 15.9. The Morgan fingerprint density at radius 3 is 2.48 bits per heavy atom. The molecule has 3 N–H and O–H groups in total. The Labute approximate surface area is 179 Å². The van der Waals surface area contributed by atoms with Gasteiger partial charge in [0.2, 0.25) is 0 Å². The van der Waals surface area contributed by atoms with Gasteiger partial charge in [0.25, 0.3) is 0 Å². The first kappa shape index (κ1) is 21.5. The fourth-order valence-corrected chi connectivity index (χ4v) is 3.16. The van der Waals surface area contributed by atoms with Crippen molar-refractivity contribution < 1.29 is 13.7 Å². The van der Waals surface area contributed by atoms with E-state index < -0.39 is 10.8 Å². The first-order chi connectivity index (χ1) is 12.5. The number of hydrogen-bond acceptors (Lipinski definition) is 4. The van der Waals surface area contributed by atoms with Gasteiger partial charge in [-0.1, -0.05) is 12.1 Å². The monoisotopic (exact) mass is 501 g/mol. The molecule has 146 valence electrons. The third-order valence-electron chi connectivity index (χ3n) is 4.05. The largest absolute Gasteiger partial charge is 0.490 e.